The van der Waals surface area contributed by atoms with Crippen LogP contribution >= 0.6 is 11.3 Å². The highest BCUT2D eigenvalue weighted by atomic mass is 32.1. The number of hydrogen-bond acceptors (Lipinski definition) is 4. The molecule has 0 aliphatic heterocycles. The maximum atomic E-state index is 12.0. The van der Waals surface area contributed by atoms with Gasteiger partial charge in [0.15, 0.2) is 0 Å². The minimum Gasteiger partial charge on any atom is -0.497 e. The Bertz CT molecular complexity index is 748. The number of ether oxygens (including phenoxy) is 1. The van der Waals surface area contributed by atoms with Gasteiger partial charge in [-0.1, -0.05) is 12.1 Å². The number of aromatic nitrogens is 1. The molecule has 0 radical (unpaired) electrons. The van der Waals surface area contributed by atoms with Crippen LogP contribution < -0.4 is 10.1 Å². The fraction of sp³-hybridized carbons (Fsp3) is 0.176. The van der Waals surface area contributed by atoms with Crippen molar-refractivity contribution < 1.29 is 9.53 Å². The average Bonchev–Trinajstić information content (AvgIpc) is 2.97. The first kappa shape index (κ1) is 14.5. The summed E-state index contributed by atoms with van der Waals surface area (Å²) in [6.45, 7) is 0.574. The van der Waals surface area contributed by atoms with Crippen LogP contribution in [0.5, 0.6) is 5.75 Å². The Labute approximate surface area is 132 Å². The van der Waals surface area contributed by atoms with E-state index in [0.29, 0.717) is 12.1 Å². The second-order valence-corrected chi connectivity index (χ2v) is 5.92. The molecule has 5 heteroatoms. The van der Waals surface area contributed by atoms with Gasteiger partial charge in [0, 0.05) is 18.5 Å². The quantitative estimate of drug-likeness (QED) is 0.786. The van der Waals surface area contributed by atoms with Crippen molar-refractivity contribution in [3.63, 3.8) is 0 Å². The molecule has 1 N–H and O–H groups in total. The molecule has 112 valence electrons. The van der Waals surface area contributed by atoms with Crippen molar-refractivity contribution in [2.24, 2.45) is 0 Å². The van der Waals surface area contributed by atoms with Crippen molar-refractivity contribution in [1.29, 1.82) is 0 Å². The highest BCUT2D eigenvalue weighted by molar-refractivity contribution is 7.18. The fourth-order valence-corrected chi connectivity index (χ4v) is 3.12. The van der Waals surface area contributed by atoms with Gasteiger partial charge in [-0.2, -0.15) is 0 Å². The first-order valence-corrected chi connectivity index (χ1v) is 7.84. The summed E-state index contributed by atoms with van der Waals surface area (Å²) in [5, 5.41) is 3.95. The Balaban J connectivity index is 1.56. The molecule has 0 unspecified atom stereocenters. The lowest BCUT2D eigenvalue weighted by Crippen LogP contribution is -2.25. The predicted octanol–water partition coefficient (Wildman–Crippen LogP) is 3.28. The molecule has 3 rings (SSSR count). The van der Waals surface area contributed by atoms with Crippen LogP contribution in [0, 0.1) is 0 Å². The molecule has 1 heterocycles. The minimum absolute atomic E-state index is 0.0798. The number of carbonyl (C=O) groups is 1. The number of nitrogens with one attached hydrogen (secondary N) is 1. The molecule has 4 nitrogen and oxygen atoms in total. The molecule has 1 aromatic heterocycles. The maximum absolute atomic E-state index is 12.0. The number of fused-ring (bicyclic) bond motifs is 1. The summed E-state index contributed by atoms with van der Waals surface area (Å²) < 4.78 is 6.26. The van der Waals surface area contributed by atoms with Crippen LogP contribution in [0.4, 0.5) is 0 Å². The number of hydrogen-bond donors (Lipinski definition) is 1. The smallest absolute Gasteiger partial charge is 0.251 e. The monoisotopic (exact) mass is 312 g/mol. The second kappa shape index (κ2) is 6.58. The molecular formula is C17H16N2O2S. The highest BCUT2D eigenvalue weighted by Crippen LogP contribution is 2.21. The fourth-order valence-electron chi connectivity index (χ4n) is 2.15. The average molecular weight is 312 g/mol. The summed E-state index contributed by atoms with van der Waals surface area (Å²) >= 11 is 1.67. The van der Waals surface area contributed by atoms with Crippen LogP contribution in [0.15, 0.2) is 48.5 Å². The van der Waals surface area contributed by atoms with Crippen LogP contribution in [-0.2, 0) is 6.42 Å². The lowest BCUT2D eigenvalue weighted by molar-refractivity contribution is 0.0954. The number of para-hydroxylation sites is 1. The number of amides is 1. The third-order valence-corrected chi connectivity index (χ3v) is 4.41. The van der Waals surface area contributed by atoms with E-state index in [0.717, 1.165) is 22.7 Å². The summed E-state index contributed by atoms with van der Waals surface area (Å²) in [5.74, 6) is 0.662. The van der Waals surface area contributed by atoms with Gasteiger partial charge in [0.05, 0.1) is 22.3 Å². The molecule has 0 aliphatic rings. The van der Waals surface area contributed by atoms with Crippen molar-refractivity contribution in [2.75, 3.05) is 13.7 Å². The maximum Gasteiger partial charge on any atom is 0.251 e. The molecule has 0 bridgehead atoms. The lowest BCUT2D eigenvalue weighted by atomic mass is 10.2. The predicted molar refractivity (Wildman–Crippen MR) is 88.7 cm³/mol. The Kier molecular flexibility index (Phi) is 4.34. The van der Waals surface area contributed by atoms with E-state index < -0.39 is 0 Å². The molecule has 22 heavy (non-hydrogen) atoms. The van der Waals surface area contributed by atoms with E-state index in [1.807, 2.05) is 18.2 Å². The van der Waals surface area contributed by atoms with Crippen LogP contribution in [-0.4, -0.2) is 24.5 Å². The third kappa shape index (κ3) is 3.26. The van der Waals surface area contributed by atoms with E-state index >= 15 is 0 Å². The second-order valence-electron chi connectivity index (χ2n) is 4.81. The van der Waals surface area contributed by atoms with Gasteiger partial charge in [-0.3, -0.25) is 4.79 Å². The number of carbonyl (C=O) groups excluding carboxylic acids is 1. The number of rotatable bonds is 5. The lowest BCUT2D eigenvalue weighted by Gasteiger charge is -2.05. The minimum atomic E-state index is -0.0798. The zero-order chi connectivity index (χ0) is 15.4. The first-order valence-electron chi connectivity index (χ1n) is 7.03. The SMILES string of the molecule is COc1ccc(C(=O)NCCc2nc3ccccc3s2)cc1. The Hall–Kier alpha value is -2.40. The molecule has 0 fully saturated rings. The zero-order valence-corrected chi connectivity index (χ0v) is 13.0. The van der Waals surface area contributed by atoms with Gasteiger partial charge in [-0.05, 0) is 36.4 Å². The van der Waals surface area contributed by atoms with E-state index in [2.05, 4.69) is 16.4 Å². The van der Waals surface area contributed by atoms with Gasteiger partial charge in [0.25, 0.3) is 5.91 Å². The van der Waals surface area contributed by atoms with Crippen LogP contribution in [0.1, 0.15) is 15.4 Å². The largest absolute Gasteiger partial charge is 0.497 e. The van der Waals surface area contributed by atoms with Crippen molar-refractivity contribution in [1.82, 2.24) is 10.3 Å². The molecule has 0 aliphatic carbocycles. The normalized spacial score (nSPS) is 10.6. The summed E-state index contributed by atoms with van der Waals surface area (Å²) in [4.78, 5) is 16.6. The molecule has 1 amide bonds. The molecule has 0 atom stereocenters. The molecular weight excluding hydrogens is 296 g/mol. The zero-order valence-electron chi connectivity index (χ0n) is 12.2. The van der Waals surface area contributed by atoms with Crippen molar-refractivity contribution in [2.45, 2.75) is 6.42 Å². The first-order chi connectivity index (χ1) is 10.8. The summed E-state index contributed by atoms with van der Waals surface area (Å²) in [6, 6.07) is 15.1. The Morgan fingerprint density at radius 3 is 2.68 bits per heavy atom. The van der Waals surface area contributed by atoms with E-state index in [1.54, 1.807) is 42.7 Å². The Morgan fingerprint density at radius 1 is 1.18 bits per heavy atom. The van der Waals surface area contributed by atoms with E-state index in [-0.39, 0.29) is 5.91 Å². The summed E-state index contributed by atoms with van der Waals surface area (Å²) in [6.07, 6.45) is 0.737. The Morgan fingerprint density at radius 2 is 1.95 bits per heavy atom. The molecule has 3 aromatic rings. The van der Waals surface area contributed by atoms with Crippen LogP contribution in [0.2, 0.25) is 0 Å². The standard InChI is InChI=1S/C17H16N2O2S/c1-21-13-8-6-12(7-9-13)17(20)18-11-10-16-19-14-4-2-3-5-15(14)22-16/h2-9H,10-11H2,1H3,(H,18,20). The number of methoxy groups -OCH3 is 1. The summed E-state index contributed by atoms with van der Waals surface area (Å²) in [7, 11) is 1.60. The van der Waals surface area contributed by atoms with E-state index in [4.69, 9.17) is 4.74 Å². The van der Waals surface area contributed by atoms with Gasteiger partial charge in [-0.25, -0.2) is 4.98 Å². The van der Waals surface area contributed by atoms with Gasteiger partial charge >= 0.3 is 0 Å². The molecule has 0 saturated carbocycles. The van der Waals surface area contributed by atoms with Crippen molar-refractivity contribution in [3.8, 4) is 5.75 Å². The highest BCUT2D eigenvalue weighted by Gasteiger charge is 2.07. The van der Waals surface area contributed by atoms with E-state index in [9.17, 15) is 4.79 Å². The number of nitrogens with zero attached hydrogens (tertiary/aromatic N) is 1. The van der Waals surface area contributed by atoms with Crippen LogP contribution in [0.25, 0.3) is 10.2 Å². The van der Waals surface area contributed by atoms with Crippen molar-refractivity contribution in [3.05, 3.63) is 59.1 Å². The van der Waals surface area contributed by atoms with Crippen molar-refractivity contribution >= 4 is 27.5 Å². The number of benzene rings is 2. The molecule has 0 spiro atoms. The van der Waals surface area contributed by atoms with E-state index in [1.165, 1.54) is 4.70 Å². The molecule has 2 aromatic carbocycles. The topological polar surface area (TPSA) is 51.2 Å². The molecule has 0 saturated heterocycles. The van der Waals surface area contributed by atoms with Gasteiger partial charge < -0.3 is 10.1 Å². The van der Waals surface area contributed by atoms with Gasteiger partial charge in [-0.15, -0.1) is 11.3 Å². The number of thiazole rings is 1. The summed E-state index contributed by atoms with van der Waals surface area (Å²) in [5.41, 5.74) is 1.65. The van der Waals surface area contributed by atoms with Crippen LogP contribution in [0.3, 0.4) is 0 Å². The third-order valence-electron chi connectivity index (χ3n) is 3.31. The van der Waals surface area contributed by atoms with Gasteiger partial charge in [0.2, 0.25) is 0 Å². The van der Waals surface area contributed by atoms with Gasteiger partial charge in [0.1, 0.15) is 5.75 Å².